The second-order valence-electron chi connectivity index (χ2n) is 5.74. The zero-order valence-corrected chi connectivity index (χ0v) is 16.5. The van der Waals surface area contributed by atoms with Crippen LogP contribution in [0.3, 0.4) is 0 Å². The van der Waals surface area contributed by atoms with Crippen LogP contribution in [0.2, 0.25) is 5.02 Å². The van der Waals surface area contributed by atoms with Gasteiger partial charge in [-0.1, -0.05) is 47.6 Å². The van der Waals surface area contributed by atoms with Gasteiger partial charge in [0.1, 0.15) is 0 Å². The van der Waals surface area contributed by atoms with E-state index in [1.54, 1.807) is 12.1 Å². The number of carboxylic acid groups (broad SMARTS) is 1. The minimum Gasteiger partial charge on any atom is -0.545 e. The highest BCUT2D eigenvalue weighted by molar-refractivity contribution is 7.99. The Morgan fingerprint density at radius 1 is 1.18 bits per heavy atom. The molecule has 9 heteroatoms. The smallest absolute Gasteiger partial charge is 0.234 e. The summed E-state index contributed by atoms with van der Waals surface area (Å²) in [6, 6.07) is 13.3. The Kier molecular flexibility index (Phi) is 6.33. The van der Waals surface area contributed by atoms with Crippen molar-refractivity contribution in [2.24, 2.45) is 0 Å². The van der Waals surface area contributed by atoms with Crippen LogP contribution in [0.25, 0.3) is 11.4 Å². The summed E-state index contributed by atoms with van der Waals surface area (Å²) in [7, 11) is 0. The molecule has 0 atom stereocenters. The van der Waals surface area contributed by atoms with E-state index in [2.05, 4.69) is 15.5 Å². The Morgan fingerprint density at radius 2 is 1.96 bits per heavy atom. The van der Waals surface area contributed by atoms with Crippen molar-refractivity contribution in [2.75, 3.05) is 11.1 Å². The number of carboxylic acids is 1. The summed E-state index contributed by atoms with van der Waals surface area (Å²) in [6.45, 7) is 2.57. The van der Waals surface area contributed by atoms with Crippen molar-refractivity contribution in [3.8, 4) is 11.4 Å². The summed E-state index contributed by atoms with van der Waals surface area (Å²) >= 11 is 7.49. The second kappa shape index (κ2) is 8.90. The number of nitrogens with one attached hydrogen (secondary N) is 1. The van der Waals surface area contributed by atoms with Gasteiger partial charge in [0.2, 0.25) is 5.91 Å². The summed E-state index contributed by atoms with van der Waals surface area (Å²) in [4.78, 5) is 23.1. The first-order chi connectivity index (χ1) is 13.5. The molecule has 0 aliphatic rings. The summed E-state index contributed by atoms with van der Waals surface area (Å²) < 4.78 is 1.88. The third kappa shape index (κ3) is 4.52. The SMILES string of the molecule is CCn1c(SCC(=O)Nc2cccc(C(=O)[O-])c2)nnc1-c1ccccc1Cl. The highest BCUT2D eigenvalue weighted by Gasteiger charge is 2.16. The number of aromatic nitrogens is 3. The van der Waals surface area contributed by atoms with Crippen molar-refractivity contribution in [1.82, 2.24) is 14.8 Å². The van der Waals surface area contributed by atoms with Crippen LogP contribution in [0.4, 0.5) is 5.69 Å². The molecule has 0 unspecified atom stereocenters. The number of nitrogens with zero attached hydrogens (tertiary/aromatic N) is 3. The van der Waals surface area contributed by atoms with Crippen molar-refractivity contribution in [1.29, 1.82) is 0 Å². The molecule has 1 amide bonds. The third-order valence-electron chi connectivity index (χ3n) is 3.86. The van der Waals surface area contributed by atoms with Crippen molar-refractivity contribution >= 4 is 40.9 Å². The van der Waals surface area contributed by atoms with E-state index in [9.17, 15) is 14.7 Å². The number of amides is 1. The molecule has 28 heavy (non-hydrogen) atoms. The van der Waals surface area contributed by atoms with E-state index in [1.165, 1.54) is 30.0 Å². The molecule has 2 aromatic carbocycles. The number of thioether (sulfide) groups is 1. The maximum Gasteiger partial charge on any atom is 0.234 e. The van der Waals surface area contributed by atoms with Crippen molar-refractivity contribution in [2.45, 2.75) is 18.6 Å². The molecule has 1 aromatic heterocycles. The van der Waals surface area contributed by atoms with E-state index in [1.807, 2.05) is 29.7 Å². The maximum absolute atomic E-state index is 12.2. The van der Waals surface area contributed by atoms with E-state index in [0.717, 1.165) is 5.56 Å². The summed E-state index contributed by atoms with van der Waals surface area (Å²) in [5.41, 5.74) is 1.16. The van der Waals surface area contributed by atoms with Crippen LogP contribution in [0.5, 0.6) is 0 Å². The molecule has 7 nitrogen and oxygen atoms in total. The van der Waals surface area contributed by atoms with Crippen molar-refractivity contribution in [3.63, 3.8) is 0 Å². The first kappa shape index (κ1) is 19.9. The minimum absolute atomic E-state index is 0.000519. The Balaban J connectivity index is 1.69. The van der Waals surface area contributed by atoms with Crippen LogP contribution in [0, 0.1) is 0 Å². The van der Waals surface area contributed by atoms with Crippen LogP contribution >= 0.6 is 23.4 Å². The van der Waals surface area contributed by atoms with Crippen molar-refractivity contribution < 1.29 is 14.7 Å². The Morgan fingerprint density at radius 3 is 2.68 bits per heavy atom. The highest BCUT2D eigenvalue weighted by Crippen LogP contribution is 2.29. The van der Waals surface area contributed by atoms with Gasteiger partial charge in [-0.3, -0.25) is 4.79 Å². The van der Waals surface area contributed by atoms with Crippen LogP contribution in [-0.2, 0) is 11.3 Å². The van der Waals surface area contributed by atoms with Gasteiger partial charge in [-0.2, -0.15) is 0 Å². The number of anilines is 1. The van der Waals surface area contributed by atoms with Gasteiger partial charge in [-0.05, 0) is 36.8 Å². The average molecular weight is 416 g/mol. The molecule has 0 radical (unpaired) electrons. The summed E-state index contributed by atoms with van der Waals surface area (Å²) in [5, 5.41) is 23.1. The van der Waals surface area contributed by atoms with E-state index in [4.69, 9.17) is 11.6 Å². The first-order valence-corrected chi connectivity index (χ1v) is 9.78. The Hall–Kier alpha value is -2.84. The minimum atomic E-state index is -1.30. The van der Waals surface area contributed by atoms with Gasteiger partial charge in [-0.25, -0.2) is 0 Å². The van der Waals surface area contributed by atoms with Gasteiger partial charge in [-0.15, -0.1) is 10.2 Å². The number of halogens is 1. The van der Waals surface area contributed by atoms with Crippen molar-refractivity contribution in [3.05, 3.63) is 59.1 Å². The van der Waals surface area contributed by atoms with E-state index >= 15 is 0 Å². The van der Waals surface area contributed by atoms with Crippen LogP contribution in [-0.4, -0.2) is 32.4 Å². The third-order valence-corrected chi connectivity index (χ3v) is 5.16. The quantitative estimate of drug-likeness (QED) is 0.595. The van der Waals surface area contributed by atoms with Gasteiger partial charge in [0, 0.05) is 17.8 Å². The largest absolute Gasteiger partial charge is 0.545 e. The monoisotopic (exact) mass is 415 g/mol. The average Bonchev–Trinajstić information content (AvgIpc) is 3.09. The number of rotatable bonds is 7. The molecule has 0 bridgehead atoms. The number of benzene rings is 2. The lowest BCUT2D eigenvalue weighted by molar-refractivity contribution is -0.255. The molecule has 3 aromatic rings. The fourth-order valence-corrected chi connectivity index (χ4v) is 3.60. The zero-order chi connectivity index (χ0) is 20.1. The Labute approximate surface area is 170 Å². The molecular weight excluding hydrogens is 400 g/mol. The molecule has 144 valence electrons. The van der Waals surface area contributed by atoms with Crippen LogP contribution in [0.15, 0.2) is 53.7 Å². The van der Waals surface area contributed by atoms with E-state index < -0.39 is 5.97 Å². The van der Waals surface area contributed by atoms with Gasteiger partial charge in [0.15, 0.2) is 11.0 Å². The fourth-order valence-electron chi connectivity index (χ4n) is 2.57. The predicted octanol–water partition coefficient (Wildman–Crippen LogP) is 2.71. The number of aromatic carboxylic acids is 1. The molecule has 3 rings (SSSR count). The molecule has 0 aliphatic heterocycles. The lowest BCUT2D eigenvalue weighted by Crippen LogP contribution is -2.22. The number of carbonyl (C=O) groups is 2. The van der Waals surface area contributed by atoms with Gasteiger partial charge in [0.25, 0.3) is 0 Å². The predicted molar refractivity (Wildman–Crippen MR) is 106 cm³/mol. The Bertz CT molecular complexity index is 1020. The molecule has 0 fully saturated rings. The van der Waals surface area contributed by atoms with Crippen LogP contribution in [0.1, 0.15) is 17.3 Å². The molecule has 0 aliphatic carbocycles. The second-order valence-corrected chi connectivity index (χ2v) is 7.09. The number of carbonyl (C=O) groups excluding carboxylic acids is 2. The summed E-state index contributed by atoms with van der Waals surface area (Å²) in [6.07, 6.45) is 0. The highest BCUT2D eigenvalue weighted by atomic mass is 35.5. The standard InChI is InChI=1S/C19H17ClN4O3S/c1-2-24-17(14-8-3-4-9-15(14)20)22-23-19(24)28-11-16(25)21-13-7-5-6-12(10-13)18(26)27/h3-10H,2,11H2,1H3,(H,21,25)(H,26,27)/p-1. The van der Waals surface area contributed by atoms with Crippen LogP contribution < -0.4 is 10.4 Å². The van der Waals surface area contributed by atoms with E-state index in [-0.39, 0.29) is 17.2 Å². The van der Waals surface area contributed by atoms with Gasteiger partial charge >= 0.3 is 0 Å². The van der Waals surface area contributed by atoms with Gasteiger partial charge < -0.3 is 19.8 Å². The molecular formula is C19H16ClN4O3S-. The van der Waals surface area contributed by atoms with Gasteiger partial charge in [0.05, 0.1) is 16.7 Å². The fraction of sp³-hybridized carbons (Fsp3) is 0.158. The molecule has 0 saturated heterocycles. The maximum atomic E-state index is 12.2. The number of hydrogen-bond acceptors (Lipinski definition) is 6. The topological polar surface area (TPSA) is 99.9 Å². The molecule has 1 N–H and O–H groups in total. The normalized spacial score (nSPS) is 10.6. The molecule has 0 saturated carbocycles. The summed E-state index contributed by atoms with van der Waals surface area (Å²) in [5.74, 6) is -0.854. The number of hydrogen-bond donors (Lipinski definition) is 1. The van der Waals surface area contributed by atoms with E-state index in [0.29, 0.717) is 28.2 Å². The first-order valence-electron chi connectivity index (χ1n) is 8.41. The molecule has 1 heterocycles. The lowest BCUT2D eigenvalue weighted by atomic mass is 10.2. The molecule has 0 spiro atoms. The zero-order valence-electron chi connectivity index (χ0n) is 14.9. The lowest BCUT2D eigenvalue weighted by Gasteiger charge is -2.09.